The molecule has 0 saturated heterocycles. The van der Waals surface area contributed by atoms with Crippen LogP contribution in [0, 0.1) is 0 Å². The molecule has 1 unspecified atom stereocenters. The van der Waals surface area contributed by atoms with Gasteiger partial charge < -0.3 is 10.1 Å². The van der Waals surface area contributed by atoms with E-state index in [1.54, 1.807) is 13.2 Å². The first kappa shape index (κ1) is 15.8. The fourth-order valence-corrected chi connectivity index (χ4v) is 2.48. The lowest BCUT2D eigenvalue weighted by Crippen LogP contribution is -2.31. The molecule has 2 nitrogen and oxygen atoms in total. The molecule has 0 aromatic heterocycles. The van der Waals surface area contributed by atoms with Crippen LogP contribution < -0.4 is 5.32 Å². The lowest BCUT2D eigenvalue weighted by Gasteiger charge is -2.18. The largest absolute Gasteiger partial charge is 0.385 e. The van der Waals surface area contributed by atoms with E-state index < -0.39 is 0 Å². The number of ether oxygens (including phenoxy) is 1. The Morgan fingerprint density at radius 3 is 2.72 bits per heavy atom. The van der Waals surface area contributed by atoms with E-state index in [9.17, 15) is 0 Å². The van der Waals surface area contributed by atoms with E-state index in [1.165, 1.54) is 0 Å². The third-order valence-electron chi connectivity index (χ3n) is 2.88. The van der Waals surface area contributed by atoms with Gasteiger partial charge in [0.05, 0.1) is 0 Å². The van der Waals surface area contributed by atoms with E-state index >= 15 is 0 Å². The first-order valence-corrected chi connectivity index (χ1v) is 7.09. The molecular weight excluding hydrogens is 269 g/mol. The molecule has 0 aliphatic heterocycles. The molecule has 0 amide bonds. The van der Waals surface area contributed by atoms with Gasteiger partial charge in [0.2, 0.25) is 0 Å². The average Bonchev–Trinajstić information content (AvgIpc) is 2.33. The zero-order valence-corrected chi connectivity index (χ0v) is 12.5. The van der Waals surface area contributed by atoms with Crippen molar-refractivity contribution in [2.45, 2.75) is 32.2 Å². The molecule has 0 spiro atoms. The summed E-state index contributed by atoms with van der Waals surface area (Å²) in [4.78, 5) is 0. The highest BCUT2D eigenvalue weighted by atomic mass is 35.5. The van der Waals surface area contributed by atoms with Gasteiger partial charge in [-0.3, -0.25) is 0 Å². The molecule has 1 rings (SSSR count). The van der Waals surface area contributed by atoms with Crippen LogP contribution in [-0.2, 0) is 11.2 Å². The maximum absolute atomic E-state index is 6.20. The predicted octanol–water partition coefficient (Wildman–Crippen LogP) is 3.94. The summed E-state index contributed by atoms with van der Waals surface area (Å²) in [6.07, 6.45) is 3.06. The van der Waals surface area contributed by atoms with Gasteiger partial charge in [-0.05, 0) is 43.5 Å². The molecule has 1 atom stereocenters. The number of hydrogen-bond acceptors (Lipinski definition) is 2. The number of methoxy groups -OCH3 is 1. The first-order chi connectivity index (χ1) is 8.67. The SMILES string of the molecule is CCNC(CCCOC)Cc1ccc(Cl)cc1Cl. The third kappa shape index (κ3) is 5.57. The molecule has 0 saturated carbocycles. The highest BCUT2D eigenvalue weighted by Gasteiger charge is 2.10. The molecule has 0 aliphatic carbocycles. The molecule has 1 N–H and O–H groups in total. The minimum atomic E-state index is 0.434. The van der Waals surface area contributed by atoms with E-state index in [0.29, 0.717) is 11.1 Å². The maximum atomic E-state index is 6.20. The summed E-state index contributed by atoms with van der Waals surface area (Å²) in [5, 5.41) is 4.92. The number of rotatable bonds is 8. The number of halogens is 2. The Balaban J connectivity index is 2.58. The van der Waals surface area contributed by atoms with Crippen LogP contribution >= 0.6 is 23.2 Å². The van der Waals surface area contributed by atoms with Crippen molar-refractivity contribution in [3.8, 4) is 0 Å². The summed E-state index contributed by atoms with van der Waals surface area (Å²) < 4.78 is 5.09. The second kappa shape index (κ2) is 8.76. The van der Waals surface area contributed by atoms with Gasteiger partial charge in [0.25, 0.3) is 0 Å². The predicted molar refractivity (Wildman–Crippen MR) is 78.7 cm³/mol. The number of likely N-dealkylation sites (N-methyl/N-ethyl adjacent to an activating group) is 1. The fraction of sp³-hybridized carbons (Fsp3) is 0.571. The Kier molecular flexibility index (Phi) is 7.68. The summed E-state index contributed by atoms with van der Waals surface area (Å²) in [5.41, 5.74) is 1.14. The highest BCUT2D eigenvalue weighted by Crippen LogP contribution is 2.22. The smallest absolute Gasteiger partial charge is 0.0462 e. The number of benzene rings is 1. The zero-order valence-electron chi connectivity index (χ0n) is 11.0. The minimum Gasteiger partial charge on any atom is -0.385 e. The Morgan fingerprint density at radius 1 is 1.33 bits per heavy atom. The van der Waals surface area contributed by atoms with Gasteiger partial charge in [-0.2, -0.15) is 0 Å². The van der Waals surface area contributed by atoms with Crippen LogP contribution in [0.25, 0.3) is 0 Å². The van der Waals surface area contributed by atoms with Crippen molar-refractivity contribution in [2.75, 3.05) is 20.3 Å². The summed E-state index contributed by atoms with van der Waals surface area (Å²) in [5.74, 6) is 0. The molecule has 0 heterocycles. The van der Waals surface area contributed by atoms with E-state index in [4.69, 9.17) is 27.9 Å². The molecule has 4 heteroatoms. The van der Waals surface area contributed by atoms with Gasteiger partial charge in [0, 0.05) is 29.8 Å². The second-order valence-electron chi connectivity index (χ2n) is 4.33. The zero-order chi connectivity index (χ0) is 13.4. The van der Waals surface area contributed by atoms with Crippen molar-refractivity contribution in [3.05, 3.63) is 33.8 Å². The van der Waals surface area contributed by atoms with Crippen LogP contribution in [0.5, 0.6) is 0 Å². The van der Waals surface area contributed by atoms with Crippen LogP contribution in [0.2, 0.25) is 10.0 Å². The van der Waals surface area contributed by atoms with Crippen molar-refractivity contribution < 1.29 is 4.74 Å². The monoisotopic (exact) mass is 289 g/mol. The summed E-state index contributed by atoms with van der Waals surface area (Å²) in [7, 11) is 1.73. The lowest BCUT2D eigenvalue weighted by atomic mass is 10.0. The third-order valence-corrected chi connectivity index (χ3v) is 3.46. The van der Waals surface area contributed by atoms with Gasteiger partial charge in [-0.25, -0.2) is 0 Å². The quantitative estimate of drug-likeness (QED) is 0.732. The lowest BCUT2D eigenvalue weighted by molar-refractivity contribution is 0.188. The minimum absolute atomic E-state index is 0.434. The van der Waals surface area contributed by atoms with Crippen LogP contribution in [0.3, 0.4) is 0 Å². The summed E-state index contributed by atoms with van der Waals surface area (Å²) in [6.45, 7) is 3.88. The first-order valence-electron chi connectivity index (χ1n) is 6.33. The number of hydrogen-bond donors (Lipinski definition) is 1. The van der Waals surface area contributed by atoms with Crippen LogP contribution in [0.15, 0.2) is 18.2 Å². The molecule has 0 radical (unpaired) electrons. The maximum Gasteiger partial charge on any atom is 0.0462 e. The van der Waals surface area contributed by atoms with Crippen molar-refractivity contribution in [1.82, 2.24) is 5.32 Å². The van der Waals surface area contributed by atoms with Crippen LogP contribution in [0.4, 0.5) is 0 Å². The molecule has 0 aliphatic rings. The molecule has 102 valence electrons. The molecule has 1 aromatic rings. The van der Waals surface area contributed by atoms with Crippen molar-refractivity contribution >= 4 is 23.2 Å². The Bertz CT molecular complexity index is 358. The Labute approximate surface area is 120 Å². The summed E-state index contributed by atoms with van der Waals surface area (Å²) >= 11 is 12.1. The van der Waals surface area contributed by atoms with E-state index in [2.05, 4.69) is 12.2 Å². The van der Waals surface area contributed by atoms with Crippen LogP contribution in [0.1, 0.15) is 25.3 Å². The summed E-state index contributed by atoms with van der Waals surface area (Å²) in [6, 6.07) is 6.13. The van der Waals surface area contributed by atoms with Crippen LogP contribution in [-0.4, -0.2) is 26.3 Å². The molecule has 18 heavy (non-hydrogen) atoms. The van der Waals surface area contributed by atoms with Gasteiger partial charge in [0.1, 0.15) is 0 Å². The van der Waals surface area contributed by atoms with Gasteiger partial charge >= 0.3 is 0 Å². The van der Waals surface area contributed by atoms with E-state index in [-0.39, 0.29) is 0 Å². The highest BCUT2D eigenvalue weighted by molar-refractivity contribution is 6.35. The topological polar surface area (TPSA) is 21.3 Å². The molecule has 1 aromatic carbocycles. The molecule has 0 bridgehead atoms. The standard InChI is InChI=1S/C14H21Cl2NO/c1-3-17-13(5-4-8-18-2)9-11-6-7-12(15)10-14(11)16/h6-7,10,13,17H,3-5,8-9H2,1-2H3. The van der Waals surface area contributed by atoms with E-state index in [0.717, 1.165) is 43.0 Å². The normalized spacial score (nSPS) is 12.7. The Morgan fingerprint density at radius 2 is 2.11 bits per heavy atom. The second-order valence-corrected chi connectivity index (χ2v) is 5.17. The Hall–Kier alpha value is -0.280. The molecular formula is C14H21Cl2NO. The van der Waals surface area contributed by atoms with Gasteiger partial charge in [0.15, 0.2) is 0 Å². The fourth-order valence-electron chi connectivity index (χ4n) is 1.99. The average molecular weight is 290 g/mol. The van der Waals surface area contributed by atoms with Crippen molar-refractivity contribution in [1.29, 1.82) is 0 Å². The number of nitrogens with one attached hydrogen (secondary N) is 1. The van der Waals surface area contributed by atoms with E-state index in [1.807, 2.05) is 12.1 Å². The van der Waals surface area contributed by atoms with Gasteiger partial charge in [-0.15, -0.1) is 0 Å². The van der Waals surface area contributed by atoms with Crippen molar-refractivity contribution in [3.63, 3.8) is 0 Å². The molecule has 0 fully saturated rings. The van der Waals surface area contributed by atoms with Gasteiger partial charge in [-0.1, -0.05) is 36.2 Å². The van der Waals surface area contributed by atoms with Crippen molar-refractivity contribution in [2.24, 2.45) is 0 Å².